The van der Waals surface area contributed by atoms with Gasteiger partial charge < -0.3 is 0 Å². The van der Waals surface area contributed by atoms with Crippen molar-refractivity contribution in [1.29, 1.82) is 0 Å². The highest BCUT2D eigenvalue weighted by molar-refractivity contribution is 4.83. The van der Waals surface area contributed by atoms with Gasteiger partial charge in [-0.15, -0.1) is 0 Å². The lowest BCUT2D eigenvalue weighted by molar-refractivity contribution is 0.299. The van der Waals surface area contributed by atoms with E-state index in [4.69, 9.17) is 0 Å². The van der Waals surface area contributed by atoms with Gasteiger partial charge in [0.25, 0.3) is 0 Å². The molecule has 0 amide bonds. The van der Waals surface area contributed by atoms with Gasteiger partial charge in [-0.3, -0.25) is 0 Å². The molecule has 51 valence electrons. The molecule has 1 aliphatic heterocycles. The van der Waals surface area contributed by atoms with E-state index in [1.54, 1.807) is 0 Å². The van der Waals surface area contributed by atoms with Crippen LogP contribution in [0, 0.1) is 11.8 Å². The first-order chi connectivity index (χ1) is 4.47. The van der Waals surface area contributed by atoms with Crippen molar-refractivity contribution in [2.24, 2.45) is 11.8 Å². The molecule has 1 nitrogen and oxygen atoms in total. The van der Waals surface area contributed by atoms with Crippen LogP contribution in [0.15, 0.2) is 0 Å². The van der Waals surface area contributed by atoms with E-state index in [-0.39, 0.29) is 0 Å². The van der Waals surface area contributed by atoms with Crippen LogP contribution in [0.1, 0.15) is 25.7 Å². The van der Waals surface area contributed by atoms with Crippen molar-refractivity contribution in [3.63, 3.8) is 0 Å². The van der Waals surface area contributed by atoms with Gasteiger partial charge in [0.2, 0.25) is 0 Å². The fourth-order valence-electron chi connectivity index (χ4n) is 2.17. The van der Waals surface area contributed by atoms with Crippen LogP contribution in [0.4, 0.5) is 0 Å². The SMILES string of the molecule is C1CC[C@@H]2C[N]C[C@H]2C1. The lowest BCUT2D eigenvalue weighted by Crippen LogP contribution is -2.16. The summed E-state index contributed by atoms with van der Waals surface area (Å²) in [6.07, 6.45) is 5.87. The molecule has 1 saturated heterocycles. The smallest absolute Gasteiger partial charge is 0.0164 e. The summed E-state index contributed by atoms with van der Waals surface area (Å²) in [6, 6.07) is 0. The summed E-state index contributed by atoms with van der Waals surface area (Å²) < 4.78 is 0. The minimum absolute atomic E-state index is 0.999. The Balaban J connectivity index is 1.97. The molecule has 0 aromatic heterocycles. The lowest BCUT2D eigenvalue weighted by Gasteiger charge is -2.22. The Morgan fingerprint density at radius 3 is 2.00 bits per heavy atom. The zero-order valence-corrected chi connectivity index (χ0v) is 5.84. The highest BCUT2D eigenvalue weighted by Gasteiger charge is 2.29. The van der Waals surface area contributed by atoms with E-state index in [1.165, 1.54) is 38.8 Å². The number of rotatable bonds is 0. The summed E-state index contributed by atoms with van der Waals surface area (Å²) in [4.78, 5) is 0. The van der Waals surface area contributed by atoms with Gasteiger partial charge in [0.15, 0.2) is 0 Å². The highest BCUT2D eigenvalue weighted by atomic mass is 14.9. The fraction of sp³-hybridized carbons (Fsp3) is 1.00. The molecular formula is C8H14N. The van der Waals surface area contributed by atoms with Crippen molar-refractivity contribution < 1.29 is 0 Å². The van der Waals surface area contributed by atoms with Crippen LogP contribution in [-0.2, 0) is 0 Å². The lowest BCUT2D eigenvalue weighted by atomic mass is 9.82. The van der Waals surface area contributed by atoms with Crippen LogP contribution < -0.4 is 5.32 Å². The Bertz CT molecular complexity index is 88.7. The molecule has 9 heavy (non-hydrogen) atoms. The first-order valence-electron chi connectivity index (χ1n) is 4.10. The second kappa shape index (κ2) is 2.30. The third-order valence-corrected chi connectivity index (χ3v) is 2.79. The summed E-state index contributed by atoms with van der Waals surface area (Å²) in [5, 5.41) is 4.43. The van der Waals surface area contributed by atoms with E-state index >= 15 is 0 Å². The number of nitrogens with zero attached hydrogens (tertiary/aromatic N) is 1. The number of hydrogen-bond donors (Lipinski definition) is 0. The van der Waals surface area contributed by atoms with Crippen molar-refractivity contribution in [3.8, 4) is 0 Å². The van der Waals surface area contributed by atoms with Gasteiger partial charge in [-0.1, -0.05) is 12.8 Å². The van der Waals surface area contributed by atoms with E-state index < -0.39 is 0 Å². The second-order valence-electron chi connectivity index (χ2n) is 3.39. The molecule has 2 atom stereocenters. The van der Waals surface area contributed by atoms with E-state index in [0.717, 1.165) is 11.8 Å². The summed E-state index contributed by atoms with van der Waals surface area (Å²) in [7, 11) is 0. The van der Waals surface area contributed by atoms with Crippen LogP contribution >= 0.6 is 0 Å². The van der Waals surface area contributed by atoms with Crippen molar-refractivity contribution >= 4 is 0 Å². The summed E-state index contributed by atoms with van der Waals surface area (Å²) >= 11 is 0. The maximum absolute atomic E-state index is 4.43. The molecule has 1 heteroatoms. The third-order valence-electron chi connectivity index (χ3n) is 2.79. The molecule has 1 saturated carbocycles. The Morgan fingerprint density at radius 2 is 1.44 bits per heavy atom. The number of fused-ring (bicyclic) bond motifs is 1. The molecule has 1 heterocycles. The van der Waals surface area contributed by atoms with E-state index in [2.05, 4.69) is 5.32 Å². The van der Waals surface area contributed by atoms with Gasteiger partial charge in [0.1, 0.15) is 0 Å². The van der Waals surface area contributed by atoms with Crippen LogP contribution in [0.2, 0.25) is 0 Å². The van der Waals surface area contributed by atoms with Crippen LogP contribution in [0.25, 0.3) is 0 Å². The molecule has 2 fully saturated rings. The van der Waals surface area contributed by atoms with Gasteiger partial charge in [0, 0.05) is 13.1 Å². The van der Waals surface area contributed by atoms with Crippen molar-refractivity contribution in [2.45, 2.75) is 25.7 Å². The molecule has 1 aliphatic carbocycles. The van der Waals surface area contributed by atoms with Crippen molar-refractivity contribution in [2.75, 3.05) is 13.1 Å². The predicted molar refractivity (Wildman–Crippen MR) is 37.3 cm³/mol. The molecule has 0 spiro atoms. The molecule has 0 N–H and O–H groups in total. The Labute approximate surface area is 56.8 Å². The standard InChI is InChI=1S/C8H14N/c1-2-4-8-6-9-5-7(8)3-1/h7-8H,1-6H2/t7-,8-/m1/s1. The molecule has 1 radical (unpaired) electrons. The zero-order valence-electron chi connectivity index (χ0n) is 5.84. The van der Waals surface area contributed by atoms with E-state index in [1.807, 2.05) is 0 Å². The maximum Gasteiger partial charge on any atom is 0.0164 e. The molecule has 0 unspecified atom stereocenters. The summed E-state index contributed by atoms with van der Waals surface area (Å²) in [5.41, 5.74) is 0. The molecular weight excluding hydrogens is 110 g/mol. The first-order valence-corrected chi connectivity index (χ1v) is 4.10. The fourth-order valence-corrected chi connectivity index (χ4v) is 2.17. The summed E-state index contributed by atoms with van der Waals surface area (Å²) in [5.74, 6) is 2.00. The van der Waals surface area contributed by atoms with Crippen LogP contribution in [0.5, 0.6) is 0 Å². The zero-order chi connectivity index (χ0) is 6.10. The minimum atomic E-state index is 0.999. The Hall–Kier alpha value is -0.0400. The molecule has 0 bridgehead atoms. The quantitative estimate of drug-likeness (QED) is 0.463. The van der Waals surface area contributed by atoms with Gasteiger partial charge in [-0.25, -0.2) is 5.32 Å². The molecule has 0 aromatic rings. The highest BCUT2D eigenvalue weighted by Crippen LogP contribution is 2.32. The minimum Gasteiger partial charge on any atom is -0.241 e. The first kappa shape index (κ1) is 5.72. The van der Waals surface area contributed by atoms with Crippen molar-refractivity contribution in [3.05, 3.63) is 0 Å². The molecule has 2 rings (SSSR count). The Morgan fingerprint density at radius 1 is 0.889 bits per heavy atom. The topological polar surface area (TPSA) is 14.1 Å². The predicted octanol–water partition coefficient (Wildman–Crippen LogP) is 1.41. The molecule has 0 aromatic carbocycles. The average Bonchev–Trinajstić information content (AvgIpc) is 2.33. The third kappa shape index (κ3) is 0.983. The second-order valence-corrected chi connectivity index (χ2v) is 3.39. The van der Waals surface area contributed by atoms with Gasteiger partial charge >= 0.3 is 0 Å². The monoisotopic (exact) mass is 124 g/mol. The van der Waals surface area contributed by atoms with Gasteiger partial charge in [-0.2, -0.15) is 0 Å². The Kier molecular flexibility index (Phi) is 1.46. The number of hydrogen-bond acceptors (Lipinski definition) is 0. The normalized spacial score (nSPS) is 42.7. The van der Waals surface area contributed by atoms with Crippen molar-refractivity contribution in [1.82, 2.24) is 5.32 Å². The van der Waals surface area contributed by atoms with Crippen LogP contribution in [0.3, 0.4) is 0 Å². The van der Waals surface area contributed by atoms with Gasteiger partial charge in [-0.05, 0) is 24.7 Å². The average molecular weight is 124 g/mol. The summed E-state index contributed by atoms with van der Waals surface area (Å²) in [6.45, 7) is 2.37. The maximum atomic E-state index is 4.43. The van der Waals surface area contributed by atoms with E-state index in [9.17, 15) is 0 Å². The van der Waals surface area contributed by atoms with E-state index in [0.29, 0.717) is 0 Å². The largest absolute Gasteiger partial charge is 0.241 e. The molecule has 2 aliphatic rings. The van der Waals surface area contributed by atoms with Gasteiger partial charge in [0.05, 0.1) is 0 Å². The van der Waals surface area contributed by atoms with Crippen LogP contribution in [-0.4, -0.2) is 13.1 Å².